The zero-order valence-electron chi connectivity index (χ0n) is 25.1. The number of carbonyl (C=O) groups is 3. The predicted octanol–water partition coefficient (Wildman–Crippen LogP) is 6.40. The van der Waals surface area contributed by atoms with Gasteiger partial charge in [-0.05, 0) is 105 Å². The summed E-state index contributed by atoms with van der Waals surface area (Å²) in [4.78, 5) is 39.5. The van der Waals surface area contributed by atoms with E-state index in [-0.39, 0.29) is 12.5 Å². The lowest BCUT2D eigenvalue weighted by atomic mass is 9.88. The molecule has 228 valence electrons. The van der Waals surface area contributed by atoms with Crippen LogP contribution in [0.15, 0.2) is 53.6 Å². The summed E-state index contributed by atoms with van der Waals surface area (Å²) in [6, 6.07) is 13.9. The minimum Gasteiger partial charge on any atom is -0.494 e. The van der Waals surface area contributed by atoms with E-state index in [0.717, 1.165) is 53.9 Å². The largest absolute Gasteiger partial charge is 0.494 e. The van der Waals surface area contributed by atoms with Crippen LogP contribution in [0.3, 0.4) is 0 Å². The molecule has 1 aromatic heterocycles. The number of benzene rings is 2. The summed E-state index contributed by atoms with van der Waals surface area (Å²) >= 11 is 1.45. The van der Waals surface area contributed by atoms with Gasteiger partial charge in [0.25, 0.3) is 11.8 Å². The van der Waals surface area contributed by atoms with Crippen LogP contribution in [0.2, 0.25) is 0 Å². The van der Waals surface area contributed by atoms with Crippen LogP contribution in [0.25, 0.3) is 0 Å². The molecule has 0 fully saturated rings. The quantitative estimate of drug-likeness (QED) is 0.101. The van der Waals surface area contributed by atoms with Crippen molar-refractivity contribution >= 4 is 40.3 Å². The highest BCUT2D eigenvalue weighted by Gasteiger charge is 2.29. The molecule has 0 unspecified atom stereocenters. The zero-order chi connectivity index (χ0) is 30.8. The van der Waals surface area contributed by atoms with E-state index in [1.165, 1.54) is 11.3 Å². The van der Waals surface area contributed by atoms with E-state index in [0.29, 0.717) is 34.4 Å². The number of carbonyl (C=O) groups excluding carboxylic acids is 3. The summed E-state index contributed by atoms with van der Waals surface area (Å²) in [6.07, 6.45) is 5.48. The summed E-state index contributed by atoms with van der Waals surface area (Å²) in [7, 11) is 0. The van der Waals surface area contributed by atoms with Crippen molar-refractivity contribution in [3.05, 3.63) is 75.7 Å². The summed E-state index contributed by atoms with van der Waals surface area (Å²) < 4.78 is 16.7. The maximum atomic E-state index is 13.1. The lowest BCUT2D eigenvalue weighted by Crippen LogP contribution is -2.33. The highest BCUT2D eigenvalue weighted by Crippen LogP contribution is 2.40. The Morgan fingerprint density at radius 3 is 2.49 bits per heavy atom. The Kier molecular flexibility index (Phi) is 11.3. The second kappa shape index (κ2) is 15.3. The fraction of sp³-hybridized carbons (Fsp3) is 0.394. The van der Waals surface area contributed by atoms with Gasteiger partial charge in [-0.2, -0.15) is 5.10 Å². The number of amides is 2. The molecule has 0 spiro atoms. The van der Waals surface area contributed by atoms with Crippen LogP contribution in [0.5, 0.6) is 11.5 Å². The first-order valence-corrected chi connectivity index (χ1v) is 15.6. The number of esters is 1. The zero-order valence-corrected chi connectivity index (χ0v) is 25.9. The summed E-state index contributed by atoms with van der Waals surface area (Å²) in [5.74, 6) is 0.581. The van der Waals surface area contributed by atoms with E-state index < -0.39 is 18.0 Å². The highest BCUT2D eigenvalue weighted by atomic mass is 32.1. The topological polar surface area (TPSA) is 115 Å². The molecular formula is C33H39N3O6S. The molecule has 1 heterocycles. The van der Waals surface area contributed by atoms with E-state index >= 15 is 0 Å². The molecule has 43 heavy (non-hydrogen) atoms. The highest BCUT2D eigenvalue weighted by molar-refractivity contribution is 7.17. The van der Waals surface area contributed by atoms with Gasteiger partial charge in [0, 0.05) is 10.4 Å². The number of nitrogens with one attached hydrogen (secondary N) is 2. The van der Waals surface area contributed by atoms with Crippen LogP contribution in [-0.4, -0.2) is 43.3 Å². The molecule has 2 amide bonds. The molecule has 9 nitrogen and oxygen atoms in total. The van der Waals surface area contributed by atoms with E-state index in [9.17, 15) is 14.4 Å². The fourth-order valence-corrected chi connectivity index (χ4v) is 6.02. The lowest BCUT2D eigenvalue weighted by Gasteiger charge is -2.18. The maximum Gasteiger partial charge on any atom is 0.341 e. The van der Waals surface area contributed by atoms with Gasteiger partial charge in [0.15, 0.2) is 6.10 Å². The van der Waals surface area contributed by atoms with E-state index in [1.807, 2.05) is 24.3 Å². The second-order valence-corrected chi connectivity index (χ2v) is 11.6. The van der Waals surface area contributed by atoms with Gasteiger partial charge in [-0.3, -0.25) is 9.59 Å². The van der Waals surface area contributed by atoms with Crippen molar-refractivity contribution in [1.29, 1.82) is 0 Å². The first kappa shape index (κ1) is 31.7. The molecule has 4 rings (SSSR count). The molecule has 10 heteroatoms. The van der Waals surface area contributed by atoms with Gasteiger partial charge in [-0.15, -0.1) is 11.3 Å². The van der Waals surface area contributed by atoms with Gasteiger partial charge in [-0.1, -0.05) is 20.3 Å². The maximum absolute atomic E-state index is 13.1. The van der Waals surface area contributed by atoms with Gasteiger partial charge in [0.2, 0.25) is 0 Å². The van der Waals surface area contributed by atoms with Crippen molar-refractivity contribution in [3.63, 3.8) is 0 Å². The van der Waals surface area contributed by atoms with Crippen LogP contribution in [-0.2, 0) is 22.4 Å². The Hall–Kier alpha value is -4.18. The number of anilines is 1. The van der Waals surface area contributed by atoms with E-state index in [1.54, 1.807) is 44.3 Å². The number of nitrogens with zero attached hydrogens (tertiary/aromatic N) is 1. The van der Waals surface area contributed by atoms with Gasteiger partial charge < -0.3 is 19.5 Å². The molecule has 1 aliphatic rings. The van der Waals surface area contributed by atoms with Crippen molar-refractivity contribution in [2.24, 2.45) is 11.0 Å². The minimum absolute atomic E-state index is 0.264. The third kappa shape index (κ3) is 8.67. The number of hydrogen-bond donors (Lipinski definition) is 2. The van der Waals surface area contributed by atoms with Crippen molar-refractivity contribution in [3.8, 4) is 11.5 Å². The molecule has 0 saturated carbocycles. The van der Waals surface area contributed by atoms with Gasteiger partial charge in [0.1, 0.15) is 16.5 Å². The molecule has 2 N–H and O–H groups in total. The first-order valence-electron chi connectivity index (χ1n) is 14.7. The minimum atomic E-state index is -0.821. The molecule has 2 atom stereocenters. The number of hydrazone groups is 1. The molecule has 0 aliphatic heterocycles. The fourth-order valence-electron chi connectivity index (χ4n) is 4.62. The molecule has 1 aliphatic carbocycles. The van der Waals surface area contributed by atoms with Crippen molar-refractivity contribution < 1.29 is 28.6 Å². The number of thiophene rings is 1. The standard InChI is InChI=1S/C33H39N3O6S/c1-5-7-18-41-25-13-9-23(10-14-25)20-34-36-30(37)22(4)42-26-15-11-24(12-16-26)31(38)35-32-29(33(39)40-6-2)27-17-8-21(3)19-28(27)43-32/h9-16,20-22H,5-8,17-19H2,1-4H3,(H,35,38)(H,36,37)/b34-20-/t21-,22+/m0/s1. The Bertz CT molecular complexity index is 1430. The third-order valence-electron chi connectivity index (χ3n) is 7.05. The lowest BCUT2D eigenvalue weighted by molar-refractivity contribution is -0.127. The SMILES string of the molecule is CCCCOc1ccc(/C=N\NC(=O)[C@@H](C)Oc2ccc(C(=O)Nc3sc4c(c3C(=O)OCC)CC[C@H](C)C4)cc2)cc1. The molecule has 0 radical (unpaired) electrons. The Labute approximate surface area is 256 Å². The molecule has 0 saturated heterocycles. The molecule has 2 aromatic carbocycles. The van der Waals surface area contributed by atoms with Gasteiger partial charge >= 0.3 is 5.97 Å². The Morgan fingerprint density at radius 1 is 1.07 bits per heavy atom. The molecule has 3 aromatic rings. The van der Waals surface area contributed by atoms with Gasteiger partial charge in [0.05, 0.1) is 25.0 Å². The summed E-state index contributed by atoms with van der Waals surface area (Å²) in [6.45, 7) is 8.64. The number of ether oxygens (including phenoxy) is 3. The Morgan fingerprint density at radius 2 is 1.79 bits per heavy atom. The average molecular weight is 606 g/mol. The predicted molar refractivity (Wildman–Crippen MR) is 169 cm³/mol. The monoisotopic (exact) mass is 605 g/mol. The number of fused-ring (bicyclic) bond motifs is 1. The molecule has 0 bridgehead atoms. The van der Waals surface area contributed by atoms with Crippen LogP contribution in [0, 0.1) is 5.92 Å². The number of rotatable bonds is 13. The van der Waals surface area contributed by atoms with Crippen molar-refractivity contribution in [2.45, 2.75) is 65.9 Å². The van der Waals surface area contributed by atoms with Crippen LogP contribution in [0.4, 0.5) is 5.00 Å². The van der Waals surface area contributed by atoms with Crippen LogP contribution < -0.4 is 20.2 Å². The van der Waals surface area contributed by atoms with E-state index in [4.69, 9.17) is 14.2 Å². The Balaban J connectivity index is 1.31. The third-order valence-corrected chi connectivity index (χ3v) is 8.22. The summed E-state index contributed by atoms with van der Waals surface area (Å²) in [5.41, 5.74) is 5.15. The van der Waals surface area contributed by atoms with Crippen LogP contribution in [0.1, 0.15) is 83.7 Å². The van der Waals surface area contributed by atoms with Crippen molar-refractivity contribution in [1.82, 2.24) is 5.43 Å². The normalized spacial score (nSPS) is 14.9. The van der Waals surface area contributed by atoms with Crippen molar-refractivity contribution in [2.75, 3.05) is 18.5 Å². The smallest absolute Gasteiger partial charge is 0.341 e. The number of unbranched alkanes of at least 4 members (excludes halogenated alkanes) is 1. The first-order chi connectivity index (χ1) is 20.8. The van der Waals surface area contributed by atoms with Crippen LogP contribution >= 0.6 is 11.3 Å². The second-order valence-electron chi connectivity index (χ2n) is 10.5. The van der Waals surface area contributed by atoms with E-state index in [2.05, 4.69) is 29.7 Å². The van der Waals surface area contributed by atoms with Gasteiger partial charge in [-0.25, -0.2) is 10.2 Å². The molecular weight excluding hydrogens is 566 g/mol. The summed E-state index contributed by atoms with van der Waals surface area (Å²) in [5, 5.41) is 7.45. The number of hydrogen-bond acceptors (Lipinski definition) is 8. The average Bonchev–Trinajstić information content (AvgIpc) is 3.35.